The fraction of sp³-hybridized carbons (Fsp3) is 0.385. The Morgan fingerprint density at radius 2 is 2.29 bits per heavy atom. The third-order valence-electron chi connectivity index (χ3n) is 3.55. The molecule has 4 nitrogen and oxygen atoms in total. The quantitative estimate of drug-likeness (QED) is 0.846. The number of hydrogen-bond donors (Lipinski definition) is 2. The zero-order valence-electron chi connectivity index (χ0n) is 9.69. The molecule has 2 aromatic rings. The summed E-state index contributed by atoms with van der Waals surface area (Å²) in [6, 6.07) is 3.94. The van der Waals surface area contributed by atoms with Gasteiger partial charge in [-0.2, -0.15) is 5.10 Å². The molecule has 0 atom stereocenters. The molecule has 3 N–H and O–H groups in total. The summed E-state index contributed by atoms with van der Waals surface area (Å²) >= 11 is 0. The first-order valence-corrected chi connectivity index (χ1v) is 6.07. The van der Waals surface area contributed by atoms with Crippen molar-refractivity contribution in [3.63, 3.8) is 0 Å². The normalized spacial score (nSPS) is 15.8. The predicted molar refractivity (Wildman–Crippen MR) is 66.3 cm³/mol. The van der Waals surface area contributed by atoms with Crippen LogP contribution in [0.15, 0.2) is 24.5 Å². The van der Waals surface area contributed by atoms with E-state index in [1.807, 2.05) is 18.3 Å². The summed E-state index contributed by atoms with van der Waals surface area (Å²) in [6.45, 7) is 0.534. The van der Waals surface area contributed by atoms with Gasteiger partial charge in [0.2, 0.25) is 0 Å². The van der Waals surface area contributed by atoms with Crippen molar-refractivity contribution in [3.8, 4) is 11.3 Å². The predicted octanol–water partition coefficient (Wildman–Crippen LogP) is 2.20. The maximum atomic E-state index is 5.87. The minimum Gasteiger partial charge on any atom is -0.326 e. The van der Waals surface area contributed by atoms with Gasteiger partial charge in [-0.15, -0.1) is 0 Å². The van der Waals surface area contributed by atoms with Crippen LogP contribution >= 0.6 is 0 Å². The van der Waals surface area contributed by atoms with Crippen LogP contribution in [0.3, 0.4) is 0 Å². The van der Waals surface area contributed by atoms with Gasteiger partial charge in [-0.05, 0) is 25.0 Å². The molecule has 0 spiro atoms. The van der Waals surface area contributed by atoms with Crippen LogP contribution in [0, 0.1) is 0 Å². The molecule has 1 saturated carbocycles. The summed E-state index contributed by atoms with van der Waals surface area (Å²) in [5.41, 5.74) is 10.3. The van der Waals surface area contributed by atoms with Gasteiger partial charge in [-0.1, -0.05) is 6.42 Å². The minimum absolute atomic E-state index is 0.534. The smallest absolute Gasteiger partial charge is 0.0984 e. The molecule has 0 aromatic carbocycles. The van der Waals surface area contributed by atoms with Crippen molar-refractivity contribution in [2.45, 2.75) is 31.7 Å². The van der Waals surface area contributed by atoms with E-state index in [9.17, 15) is 0 Å². The first-order chi connectivity index (χ1) is 8.40. The van der Waals surface area contributed by atoms with Crippen molar-refractivity contribution in [1.82, 2.24) is 15.2 Å². The van der Waals surface area contributed by atoms with Crippen LogP contribution in [-0.2, 0) is 6.54 Å². The number of hydrogen-bond acceptors (Lipinski definition) is 3. The van der Waals surface area contributed by atoms with Gasteiger partial charge < -0.3 is 5.73 Å². The van der Waals surface area contributed by atoms with Crippen molar-refractivity contribution in [1.29, 1.82) is 0 Å². The Balaban J connectivity index is 2.02. The Hall–Kier alpha value is -1.68. The van der Waals surface area contributed by atoms with Gasteiger partial charge >= 0.3 is 0 Å². The van der Waals surface area contributed by atoms with Crippen LogP contribution in [0.5, 0.6) is 0 Å². The lowest BCUT2D eigenvalue weighted by Crippen LogP contribution is -2.12. The Morgan fingerprint density at radius 1 is 1.41 bits per heavy atom. The molecule has 0 aliphatic heterocycles. The first-order valence-electron chi connectivity index (χ1n) is 6.07. The SMILES string of the molecule is NCc1c(-c2cccnc2)n[nH]c1C1CCC1. The molecule has 3 rings (SSSR count). The molecule has 0 unspecified atom stereocenters. The van der Waals surface area contributed by atoms with E-state index < -0.39 is 0 Å². The molecule has 2 heterocycles. The molecule has 1 fully saturated rings. The van der Waals surface area contributed by atoms with Crippen LogP contribution in [0.25, 0.3) is 11.3 Å². The largest absolute Gasteiger partial charge is 0.326 e. The number of aromatic amines is 1. The number of nitrogens with two attached hydrogens (primary N) is 1. The van der Waals surface area contributed by atoms with Crippen LogP contribution in [0.4, 0.5) is 0 Å². The molecule has 88 valence electrons. The molecular formula is C13H16N4. The summed E-state index contributed by atoms with van der Waals surface area (Å²) < 4.78 is 0. The van der Waals surface area contributed by atoms with Crippen molar-refractivity contribution in [3.05, 3.63) is 35.8 Å². The topological polar surface area (TPSA) is 67.6 Å². The van der Waals surface area contributed by atoms with Crippen molar-refractivity contribution < 1.29 is 0 Å². The standard InChI is InChI=1S/C13H16N4/c14-7-11-12(9-3-1-4-9)16-17-13(11)10-5-2-6-15-8-10/h2,5-6,8-9H,1,3-4,7,14H2,(H,16,17). The summed E-state index contributed by atoms with van der Waals surface area (Å²) in [4.78, 5) is 4.13. The third kappa shape index (κ3) is 1.74. The van der Waals surface area contributed by atoms with Crippen LogP contribution < -0.4 is 5.73 Å². The lowest BCUT2D eigenvalue weighted by Gasteiger charge is -2.25. The van der Waals surface area contributed by atoms with E-state index in [1.165, 1.54) is 25.0 Å². The van der Waals surface area contributed by atoms with Gasteiger partial charge in [0, 0.05) is 41.7 Å². The fourth-order valence-electron chi connectivity index (χ4n) is 2.36. The molecule has 0 saturated heterocycles. The van der Waals surface area contributed by atoms with Crippen LogP contribution in [0.1, 0.15) is 36.4 Å². The van der Waals surface area contributed by atoms with Gasteiger partial charge in [0.25, 0.3) is 0 Å². The van der Waals surface area contributed by atoms with E-state index in [0.717, 1.165) is 16.8 Å². The summed E-state index contributed by atoms with van der Waals surface area (Å²) in [6.07, 6.45) is 7.42. The first kappa shape index (κ1) is 10.5. The van der Waals surface area contributed by atoms with Gasteiger partial charge in [0.15, 0.2) is 0 Å². The Labute approximate surface area is 100 Å². The Bertz CT molecular complexity index is 499. The van der Waals surface area contributed by atoms with Crippen molar-refractivity contribution in [2.24, 2.45) is 5.73 Å². The van der Waals surface area contributed by atoms with Gasteiger partial charge in [-0.25, -0.2) is 0 Å². The second-order valence-electron chi connectivity index (χ2n) is 4.54. The van der Waals surface area contributed by atoms with E-state index in [4.69, 9.17) is 5.73 Å². The highest BCUT2D eigenvalue weighted by molar-refractivity contribution is 5.63. The number of H-pyrrole nitrogens is 1. The molecule has 2 aromatic heterocycles. The number of nitrogens with one attached hydrogen (secondary N) is 1. The Morgan fingerprint density at radius 3 is 2.88 bits per heavy atom. The average molecular weight is 228 g/mol. The highest BCUT2D eigenvalue weighted by atomic mass is 15.1. The average Bonchev–Trinajstić information content (AvgIpc) is 2.71. The maximum absolute atomic E-state index is 5.87. The number of rotatable bonds is 3. The lowest BCUT2D eigenvalue weighted by molar-refractivity contribution is 0.408. The Kier molecular flexibility index (Phi) is 2.65. The maximum Gasteiger partial charge on any atom is 0.0984 e. The van der Waals surface area contributed by atoms with Gasteiger partial charge in [-0.3, -0.25) is 10.1 Å². The van der Waals surface area contributed by atoms with Crippen LogP contribution in [-0.4, -0.2) is 15.2 Å². The molecule has 17 heavy (non-hydrogen) atoms. The van der Waals surface area contributed by atoms with E-state index in [1.54, 1.807) is 6.20 Å². The van der Waals surface area contributed by atoms with E-state index in [0.29, 0.717) is 12.5 Å². The molecular weight excluding hydrogens is 212 g/mol. The van der Waals surface area contributed by atoms with Crippen LogP contribution in [0.2, 0.25) is 0 Å². The van der Waals surface area contributed by atoms with Crippen molar-refractivity contribution in [2.75, 3.05) is 0 Å². The zero-order chi connectivity index (χ0) is 11.7. The molecule has 0 radical (unpaired) electrons. The van der Waals surface area contributed by atoms with E-state index in [-0.39, 0.29) is 0 Å². The summed E-state index contributed by atoms with van der Waals surface area (Å²) in [5.74, 6) is 0.631. The number of nitrogens with zero attached hydrogens (tertiary/aromatic N) is 2. The molecule has 4 heteroatoms. The lowest BCUT2D eigenvalue weighted by atomic mass is 9.81. The fourth-order valence-corrected chi connectivity index (χ4v) is 2.36. The second kappa shape index (κ2) is 4.30. The number of aromatic nitrogens is 3. The second-order valence-corrected chi connectivity index (χ2v) is 4.54. The third-order valence-corrected chi connectivity index (χ3v) is 3.55. The molecule has 1 aliphatic carbocycles. The van der Waals surface area contributed by atoms with Crippen molar-refractivity contribution >= 4 is 0 Å². The summed E-state index contributed by atoms with van der Waals surface area (Å²) in [7, 11) is 0. The zero-order valence-corrected chi connectivity index (χ0v) is 9.69. The summed E-state index contributed by atoms with van der Waals surface area (Å²) in [5, 5.41) is 7.58. The minimum atomic E-state index is 0.534. The van der Waals surface area contributed by atoms with E-state index >= 15 is 0 Å². The number of pyridine rings is 1. The molecule has 0 amide bonds. The monoisotopic (exact) mass is 228 g/mol. The molecule has 0 bridgehead atoms. The van der Waals surface area contributed by atoms with Gasteiger partial charge in [0.1, 0.15) is 0 Å². The van der Waals surface area contributed by atoms with Gasteiger partial charge in [0.05, 0.1) is 5.69 Å². The highest BCUT2D eigenvalue weighted by Crippen LogP contribution is 2.39. The van der Waals surface area contributed by atoms with E-state index in [2.05, 4.69) is 15.2 Å². The molecule has 1 aliphatic rings. The highest BCUT2D eigenvalue weighted by Gasteiger charge is 2.25.